The van der Waals surface area contributed by atoms with Crippen LogP contribution in [0.1, 0.15) is 0 Å². The molecule has 82 valence electrons. The summed E-state index contributed by atoms with van der Waals surface area (Å²) in [6.07, 6.45) is 0. The summed E-state index contributed by atoms with van der Waals surface area (Å²) in [6.45, 7) is -0.142. The van der Waals surface area contributed by atoms with Gasteiger partial charge in [0.25, 0.3) is 0 Å². The van der Waals surface area contributed by atoms with E-state index < -0.39 is 21.9 Å². The van der Waals surface area contributed by atoms with Crippen molar-refractivity contribution in [2.45, 2.75) is 0 Å². The third-order valence-corrected chi connectivity index (χ3v) is 2.70. The fourth-order valence-electron chi connectivity index (χ4n) is 0.566. The summed E-state index contributed by atoms with van der Waals surface area (Å²) in [5.41, 5.74) is 0. The third-order valence-electron chi connectivity index (χ3n) is 1.34. The number of sulfonamides is 1. The Morgan fingerprint density at radius 2 is 1.93 bits per heavy atom. The highest BCUT2D eigenvalue weighted by Crippen LogP contribution is 1.80. The molecule has 0 bridgehead atoms. The van der Waals surface area contributed by atoms with Crippen LogP contribution in [-0.2, 0) is 24.3 Å². The normalized spacial score (nSPS) is 10.7. The maximum atomic E-state index is 10.8. The highest BCUT2D eigenvalue weighted by molar-refractivity contribution is 7.89. The summed E-state index contributed by atoms with van der Waals surface area (Å²) in [5, 5.41) is 2.09. The molecule has 2 N–H and O–H groups in total. The van der Waals surface area contributed by atoms with Crippen molar-refractivity contribution in [3.05, 3.63) is 0 Å². The number of esters is 1. The van der Waals surface area contributed by atoms with Gasteiger partial charge in [0, 0.05) is 6.54 Å². The summed E-state index contributed by atoms with van der Waals surface area (Å²) >= 11 is 0. The van der Waals surface area contributed by atoms with E-state index in [1.54, 1.807) is 0 Å². The summed E-state index contributed by atoms with van der Waals surface area (Å²) in [5.74, 6) is -2.29. The second-order valence-electron chi connectivity index (χ2n) is 2.27. The molecule has 1 amide bonds. The first-order chi connectivity index (χ1) is 6.43. The number of carbonyl (C=O) groups is 2. The Labute approximate surface area is 81.9 Å². The number of rotatable bonds is 4. The first-order valence-electron chi connectivity index (χ1n) is 3.70. The lowest BCUT2D eigenvalue weighted by Gasteiger charge is -2.03. The van der Waals surface area contributed by atoms with E-state index in [1.807, 2.05) is 0 Å². The van der Waals surface area contributed by atoms with Crippen LogP contribution in [0.3, 0.4) is 0 Å². The Bertz CT molecular complexity index is 310. The Hall–Kier alpha value is -1.15. The van der Waals surface area contributed by atoms with E-state index in [0.29, 0.717) is 0 Å². The second-order valence-corrected chi connectivity index (χ2v) is 4.32. The summed E-state index contributed by atoms with van der Waals surface area (Å²) < 4.78 is 27.9. The molecule has 0 aliphatic carbocycles. The van der Waals surface area contributed by atoms with Crippen LogP contribution in [0.25, 0.3) is 0 Å². The van der Waals surface area contributed by atoms with Crippen molar-refractivity contribution in [2.24, 2.45) is 0 Å². The molecule has 0 aliphatic heterocycles. The van der Waals surface area contributed by atoms with Gasteiger partial charge in [-0.2, -0.15) is 0 Å². The van der Waals surface area contributed by atoms with Gasteiger partial charge in [-0.05, 0) is 7.05 Å². The molecular weight excluding hydrogens is 212 g/mol. The van der Waals surface area contributed by atoms with Crippen molar-refractivity contribution in [1.29, 1.82) is 0 Å². The van der Waals surface area contributed by atoms with Gasteiger partial charge in [-0.25, -0.2) is 17.9 Å². The zero-order valence-corrected chi connectivity index (χ0v) is 8.68. The molecule has 0 aromatic rings. The zero-order valence-electron chi connectivity index (χ0n) is 7.86. The van der Waals surface area contributed by atoms with Gasteiger partial charge in [-0.15, -0.1) is 0 Å². The number of carbonyl (C=O) groups excluding carboxylic acids is 2. The van der Waals surface area contributed by atoms with Gasteiger partial charge in [0.2, 0.25) is 10.0 Å². The van der Waals surface area contributed by atoms with Crippen LogP contribution in [-0.4, -0.2) is 46.7 Å². The minimum absolute atomic E-state index is 0.142. The number of ether oxygens (including phenoxy) is 1. The van der Waals surface area contributed by atoms with Gasteiger partial charge in [0.15, 0.2) is 0 Å². The highest BCUT2D eigenvalue weighted by Gasteiger charge is 2.14. The molecule has 7 nitrogen and oxygen atoms in total. The highest BCUT2D eigenvalue weighted by atomic mass is 32.2. The molecule has 0 aliphatic rings. The molecule has 0 spiro atoms. The van der Waals surface area contributed by atoms with Gasteiger partial charge in [-0.3, -0.25) is 4.79 Å². The molecule has 0 heterocycles. The molecular formula is C6H12N2O5S. The molecule has 8 heteroatoms. The summed E-state index contributed by atoms with van der Waals surface area (Å²) in [4.78, 5) is 21.3. The minimum atomic E-state index is -3.36. The monoisotopic (exact) mass is 224 g/mol. The number of nitrogens with one attached hydrogen (secondary N) is 2. The van der Waals surface area contributed by atoms with Crippen LogP contribution < -0.4 is 10.0 Å². The number of methoxy groups -OCH3 is 1. The molecule has 0 radical (unpaired) electrons. The van der Waals surface area contributed by atoms with E-state index in [4.69, 9.17) is 0 Å². The number of hydrogen-bond acceptors (Lipinski definition) is 5. The molecule has 0 aromatic heterocycles. The van der Waals surface area contributed by atoms with E-state index in [0.717, 1.165) is 7.11 Å². The van der Waals surface area contributed by atoms with Crippen LogP contribution in [0.15, 0.2) is 0 Å². The maximum Gasteiger partial charge on any atom is 0.396 e. The Morgan fingerprint density at radius 3 is 2.36 bits per heavy atom. The predicted octanol–water partition coefficient (Wildman–Crippen LogP) is -2.18. The zero-order chi connectivity index (χ0) is 11.2. The Morgan fingerprint density at radius 1 is 1.36 bits per heavy atom. The molecule has 14 heavy (non-hydrogen) atoms. The molecule has 0 aromatic carbocycles. The molecule has 0 saturated heterocycles. The topological polar surface area (TPSA) is 102 Å². The Balaban J connectivity index is 3.87. The molecule has 0 fully saturated rings. The standard InChI is InChI=1S/C6H12N2O5S/c1-7-14(11,12)4-3-8-5(9)6(10)13-2/h7H,3-4H2,1-2H3,(H,8,9). The summed E-state index contributed by atoms with van der Waals surface area (Å²) in [7, 11) is -1.04. The average molecular weight is 224 g/mol. The van der Waals surface area contributed by atoms with Crippen molar-refractivity contribution < 1.29 is 22.7 Å². The van der Waals surface area contributed by atoms with E-state index >= 15 is 0 Å². The van der Waals surface area contributed by atoms with Crippen molar-refractivity contribution in [2.75, 3.05) is 26.5 Å². The molecule has 0 saturated carbocycles. The van der Waals surface area contributed by atoms with E-state index in [1.165, 1.54) is 7.05 Å². The van der Waals surface area contributed by atoms with E-state index in [9.17, 15) is 18.0 Å². The van der Waals surface area contributed by atoms with Crippen molar-refractivity contribution in [3.63, 3.8) is 0 Å². The van der Waals surface area contributed by atoms with E-state index in [-0.39, 0.29) is 12.3 Å². The van der Waals surface area contributed by atoms with Crippen LogP contribution in [0, 0.1) is 0 Å². The van der Waals surface area contributed by atoms with Crippen LogP contribution in [0.4, 0.5) is 0 Å². The lowest BCUT2D eigenvalue weighted by atomic mass is 10.6. The average Bonchev–Trinajstić information content (AvgIpc) is 2.16. The smallest absolute Gasteiger partial charge is 0.396 e. The van der Waals surface area contributed by atoms with Gasteiger partial charge in [0.05, 0.1) is 12.9 Å². The van der Waals surface area contributed by atoms with Crippen molar-refractivity contribution in [3.8, 4) is 0 Å². The van der Waals surface area contributed by atoms with Crippen LogP contribution in [0.5, 0.6) is 0 Å². The first kappa shape index (κ1) is 12.8. The lowest BCUT2D eigenvalue weighted by Crippen LogP contribution is -2.37. The van der Waals surface area contributed by atoms with Gasteiger partial charge < -0.3 is 10.1 Å². The largest absolute Gasteiger partial charge is 0.462 e. The predicted molar refractivity (Wildman–Crippen MR) is 47.9 cm³/mol. The van der Waals surface area contributed by atoms with Gasteiger partial charge in [-0.1, -0.05) is 0 Å². The molecule has 0 rings (SSSR count). The second kappa shape index (κ2) is 5.55. The SMILES string of the molecule is CNS(=O)(=O)CCNC(=O)C(=O)OC. The fraction of sp³-hybridized carbons (Fsp3) is 0.667. The quantitative estimate of drug-likeness (QED) is 0.418. The molecule has 0 unspecified atom stereocenters. The maximum absolute atomic E-state index is 10.8. The third kappa shape index (κ3) is 4.77. The Kier molecular flexibility index (Phi) is 5.10. The first-order valence-corrected chi connectivity index (χ1v) is 5.35. The lowest BCUT2D eigenvalue weighted by molar-refractivity contribution is -0.152. The number of amides is 1. The van der Waals surface area contributed by atoms with Crippen molar-refractivity contribution >= 4 is 21.9 Å². The number of hydrogen-bond donors (Lipinski definition) is 2. The van der Waals surface area contributed by atoms with Gasteiger partial charge in [0.1, 0.15) is 0 Å². The minimum Gasteiger partial charge on any atom is -0.462 e. The van der Waals surface area contributed by atoms with Gasteiger partial charge >= 0.3 is 11.9 Å². The fourth-order valence-corrected chi connectivity index (χ4v) is 1.14. The van der Waals surface area contributed by atoms with Crippen molar-refractivity contribution in [1.82, 2.24) is 10.0 Å². The van der Waals surface area contributed by atoms with Crippen LogP contribution in [0.2, 0.25) is 0 Å². The molecule has 0 atom stereocenters. The van der Waals surface area contributed by atoms with E-state index in [2.05, 4.69) is 14.8 Å². The summed E-state index contributed by atoms with van der Waals surface area (Å²) in [6, 6.07) is 0. The van der Waals surface area contributed by atoms with Crippen LogP contribution >= 0.6 is 0 Å².